The van der Waals surface area contributed by atoms with Crippen LogP contribution in [0.5, 0.6) is 0 Å². The number of benzene rings is 1. The number of aromatic nitrogens is 1. The van der Waals surface area contributed by atoms with Gasteiger partial charge in [-0.15, -0.1) is 0 Å². The third kappa shape index (κ3) is 6.57. The minimum Gasteiger partial charge on any atom is -0.364 e. The first kappa shape index (κ1) is 27.7. The van der Waals surface area contributed by atoms with E-state index in [2.05, 4.69) is 27.4 Å². The van der Waals surface area contributed by atoms with Gasteiger partial charge in [-0.25, -0.2) is 0 Å². The minimum absolute atomic E-state index is 0.119. The molecule has 11 heteroatoms. The molecule has 0 radical (unpaired) electrons. The van der Waals surface area contributed by atoms with Gasteiger partial charge >= 0.3 is 12.4 Å². The smallest absolute Gasteiger partial charge is 0.364 e. The van der Waals surface area contributed by atoms with Crippen molar-refractivity contribution in [3.05, 3.63) is 88.9 Å². The fourth-order valence-corrected chi connectivity index (χ4v) is 4.66. The second kappa shape index (κ2) is 11.2. The van der Waals surface area contributed by atoms with Crippen molar-refractivity contribution in [2.75, 3.05) is 18.4 Å². The van der Waals surface area contributed by atoms with Crippen LogP contribution in [0.2, 0.25) is 0 Å². The Hall–Kier alpha value is -3.31. The fourth-order valence-electron chi connectivity index (χ4n) is 4.66. The Bertz CT molecular complexity index is 1210. The number of hydrogen-bond donors (Lipinski definition) is 3. The molecule has 38 heavy (non-hydrogen) atoms. The lowest BCUT2D eigenvalue weighted by molar-refractivity contribution is -0.138. The summed E-state index contributed by atoms with van der Waals surface area (Å²) in [6.45, 7) is 3.96. The normalized spacial score (nSPS) is 21.1. The van der Waals surface area contributed by atoms with Gasteiger partial charge in [0.2, 0.25) is 0 Å². The van der Waals surface area contributed by atoms with Crippen molar-refractivity contribution < 1.29 is 26.3 Å². The maximum absolute atomic E-state index is 13.5. The highest BCUT2D eigenvalue weighted by atomic mass is 19.4. The van der Waals surface area contributed by atoms with Gasteiger partial charge in [0.25, 0.3) is 0 Å². The second-order valence-corrected chi connectivity index (χ2v) is 9.36. The van der Waals surface area contributed by atoms with Crippen molar-refractivity contribution >= 4 is 11.4 Å². The molecule has 0 saturated carbocycles. The maximum Gasteiger partial charge on any atom is 0.418 e. The lowest BCUT2D eigenvalue weighted by Gasteiger charge is -2.28. The highest BCUT2D eigenvalue weighted by molar-refractivity contribution is 5.70. The van der Waals surface area contributed by atoms with Crippen LogP contribution in [0.15, 0.2) is 72.1 Å². The third-order valence-corrected chi connectivity index (χ3v) is 6.70. The van der Waals surface area contributed by atoms with Crippen molar-refractivity contribution in [3.63, 3.8) is 0 Å². The van der Waals surface area contributed by atoms with Crippen LogP contribution in [0.25, 0.3) is 5.70 Å². The predicted molar refractivity (Wildman–Crippen MR) is 134 cm³/mol. The van der Waals surface area contributed by atoms with E-state index in [-0.39, 0.29) is 11.4 Å². The van der Waals surface area contributed by atoms with E-state index in [1.54, 1.807) is 6.08 Å². The number of nitrogens with zero attached hydrogens (tertiary/aromatic N) is 2. The van der Waals surface area contributed by atoms with E-state index in [9.17, 15) is 26.3 Å². The summed E-state index contributed by atoms with van der Waals surface area (Å²) in [5.74, 6) is 0. The van der Waals surface area contributed by atoms with Crippen LogP contribution in [-0.2, 0) is 12.4 Å². The highest BCUT2D eigenvalue weighted by Crippen LogP contribution is 2.35. The van der Waals surface area contributed by atoms with E-state index < -0.39 is 29.6 Å². The van der Waals surface area contributed by atoms with Gasteiger partial charge in [0.05, 0.1) is 22.5 Å². The van der Waals surface area contributed by atoms with Crippen molar-refractivity contribution in [1.29, 1.82) is 0 Å². The molecule has 1 saturated heterocycles. The maximum atomic E-state index is 13.5. The summed E-state index contributed by atoms with van der Waals surface area (Å²) < 4.78 is 79.5. The van der Waals surface area contributed by atoms with E-state index in [1.165, 1.54) is 30.5 Å². The van der Waals surface area contributed by atoms with Crippen LogP contribution in [-0.4, -0.2) is 35.2 Å². The molecule has 2 aliphatic heterocycles. The summed E-state index contributed by atoms with van der Waals surface area (Å²) in [5, 5.41) is 6.04. The first-order chi connectivity index (χ1) is 17.9. The van der Waals surface area contributed by atoms with Crippen LogP contribution < -0.4 is 16.4 Å². The van der Waals surface area contributed by atoms with Gasteiger partial charge in [-0.3, -0.25) is 4.98 Å². The molecule has 2 aliphatic rings. The van der Waals surface area contributed by atoms with E-state index in [0.29, 0.717) is 29.4 Å². The second-order valence-electron chi connectivity index (χ2n) is 9.36. The summed E-state index contributed by atoms with van der Waals surface area (Å²) in [4.78, 5) is 6.27. The lowest BCUT2D eigenvalue weighted by Crippen LogP contribution is -2.41. The number of likely N-dealkylation sites (tertiary alicyclic amines) is 1. The number of alkyl halides is 6. The SMILES string of the molecule is CC1CCCN1CC/C=C(/Nc1ccc(C(F)(F)F)cc1)C1=CC=C(c2ncccc2C(F)(F)F)NC1N. The lowest BCUT2D eigenvalue weighted by atomic mass is 10.0. The van der Waals surface area contributed by atoms with E-state index in [0.717, 1.165) is 44.1 Å². The average Bonchev–Trinajstić information content (AvgIpc) is 3.27. The van der Waals surface area contributed by atoms with Crippen LogP contribution in [0, 0.1) is 0 Å². The molecule has 2 atom stereocenters. The summed E-state index contributed by atoms with van der Waals surface area (Å²) >= 11 is 0. The molecule has 1 fully saturated rings. The average molecular weight is 538 g/mol. The van der Waals surface area contributed by atoms with E-state index in [1.807, 2.05) is 6.08 Å². The van der Waals surface area contributed by atoms with Gasteiger partial charge in [0, 0.05) is 35.7 Å². The van der Waals surface area contributed by atoms with Crippen LogP contribution >= 0.6 is 0 Å². The van der Waals surface area contributed by atoms with Crippen molar-refractivity contribution in [2.24, 2.45) is 5.73 Å². The number of anilines is 1. The summed E-state index contributed by atoms with van der Waals surface area (Å²) in [6.07, 6.45) is -0.779. The summed E-state index contributed by atoms with van der Waals surface area (Å²) in [7, 11) is 0. The number of pyridine rings is 1. The summed E-state index contributed by atoms with van der Waals surface area (Å²) in [5.41, 5.74) is 6.07. The molecule has 1 aromatic carbocycles. The number of nitrogens with one attached hydrogen (secondary N) is 2. The largest absolute Gasteiger partial charge is 0.418 e. The Labute approximate surface area is 217 Å². The Morgan fingerprint density at radius 3 is 2.45 bits per heavy atom. The number of halogens is 6. The topological polar surface area (TPSA) is 66.2 Å². The van der Waals surface area contributed by atoms with Gasteiger partial charge in [-0.1, -0.05) is 12.2 Å². The number of nitrogens with two attached hydrogens (primary N) is 1. The van der Waals surface area contributed by atoms with Gasteiger partial charge in [-0.2, -0.15) is 26.3 Å². The molecule has 5 nitrogen and oxygen atoms in total. The molecule has 0 aliphatic carbocycles. The standard InChI is InChI=1S/C27H29F6N5/c1-17-5-3-15-38(17)16-4-7-22(36-19-10-8-18(9-11-19)26(28,29)30)20-12-13-23(37-25(20)34)24-21(27(31,32)33)6-2-14-35-24/h2,6-14,17,25,36-37H,3-5,15-16,34H2,1H3/b22-7+. The molecule has 204 valence electrons. The Morgan fingerprint density at radius 1 is 1.11 bits per heavy atom. The Morgan fingerprint density at radius 2 is 1.84 bits per heavy atom. The molecular weight excluding hydrogens is 508 g/mol. The first-order valence-electron chi connectivity index (χ1n) is 12.3. The van der Waals surface area contributed by atoms with Gasteiger partial charge in [0.15, 0.2) is 0 Å². The summed E-state index contributed by atoms with van der Waals surface area (Å²) in [6, 6.07) is 7.26. The molecular formula is C27H29F6N5. The quantitative estimate of drug-likeness (QED) is 0.370. The van der Waals surface area contributed by atoms with E-state index >= 15 is 0 Å². The molecule has 4 N–H and O–H groups in total. The highest BCUT2D eigenvalue weighted by Gasteiger charge is 2.35. The van der Waals surface area contributed by atoms with Gasteiger partial charge in [0.1, 0.15) is 6.17 Å². The fraction of sp³-hybridized carbons (Fsp3) is 0.370. The van der Waals surface area contributed by atoms with Crippen LogP contribution in [0.1, 0.15) is 43.0 Å². The van der Waals surface area contributed by atoms with Crippen LogP contribution in [0.3, 0.4) is 0 Å². The molecule has 4 rings (SSSR count). The molecule has 3 heterocycles. The monoisotopic (exact) mass is 537 g/mol. The minimum atomic E-state index is -4.60. The molecule has 2 aromatic rings. The molecule has 0 amide bonds. The van der Waals surface area contributed by atoms with Crippen LogP contribution in [0.4, 0.5) is 32.0 Å². The number of rotatable bonds is 7. The predicted octanol–water partition coefficient (Wildman–Crippen LogP) is 6.14. The van der Waals surface area contributed by atoms with Crippen molar-refractivity contribution in [2.45, 2.75) is 50.7 Å². The van der Waals surface area contributed by atoms with Gasteiger partial charge < -0.3 is 21.3 Å². The Balaban J connectivity index is 1.63. The van der Waals surface area contributed by atoms with Crippen molar-refractivity contribution in [1.82, 2.24) is 15.2 Å². The number of hydrogen-bond acceptors (Lipinski definition) is 5. The number of dihydropyridines is 1. The molecule has 1 aromatic heterocycles. The number of allylic oxidation sites excluding steroid dienone is 2. The van der Waals surface area contributed by atoms with Gasteiger partial charge in [-0.05, 0) is 75.2 Å². The Kier molecular flexibility index (Phi) is 8.17. The third-order valence-electron chi connectivity index (χ3n) is 6.70. The first-order valence-corrected chi connectivity index (χ1v) is 12.3. The zero-order valence-corrected chi connectivity index (χ0v) is 20.7. The zero-order chi connectivity index (χ0) is 27.5. The van der Waals surface area contributed by atoms with E-state index in [4.69, 9.17) is 5.73 Å². The molecule has 0 bridgehead atoms. The van der Waals surface area contributed by atoms with Crippen molar-refractivity contribution in [3.8, 4) is 0 Å². The molecule has 0 spiro atoms. The zero-order valence-electron chi connectivity index (χ0n) is 20.7. The molecule has 2 unspecified atom stereocenters.